The van der Waals surface area contributed by atoms with Crippen LogP contribution in [0.1, 0.15) is 25.7 Å². The van der Waals surface area contributed by atoms with Crippen LogP contribution in [0.15, 0.2) is 24.1 Å². The first-order valence-corrected chi connectivity index (χ1v) is 9.36. The highest BCUT2D eigenvalue weighted by Gasteiger charge is 2.48. The van der Waals surface area contributed by atoms with Gasteiger partial charge in [0, 0.05) is 42.2 Å². The van der Waals surface area contributed by atoms with Gasteiger partial charge in [0.1, 0.15) is 6.10 Å². The molecule has 7 heteroatoms. The van der Waals surface area contributed by atoms with Crippen molar-refractivity contribution in [3.63, 3.8) is 0 Å². The Labute approximate surface area is 147 Å². The Kier molecular flexibility index (Phi) is 4.43. The topological polar surface area (TPSA) is 54.5 Å². The maximum Gasteiger partial charge on any atom is 0.120 e. The molecule has 8 atom stereocenters. The van der Waals surface area contributed by atoms with Gasteiger partial charge in [-0.05, 0) is 24.7 Å². The lowest BCUT2D eigenvalue weighted by Crippen LogP contribution is -2.68. The summed E-state index contributed by atoms with van der Waals surface area (Å²) in [7, 11) is 0. The molecule has 5 nitrogen and oxygen atoms in total. The van der Waals surface area contributed by atoms with Crippen molar-refractivity contribution in [2.24, 2.45) is 0 Å². The number of ether oxygens (including phenoxy) is 2. The summed E-state index contributed by atoms with van der Waals surface area (Å²) in [5, 5.41) is 13.7. The van der Waals surface area contributed by atoms with E-state index >= 15 is 0 Å². The van der Waals surface area contributed by atoms with Gasteiger partial charge in [-0.2, -0.15) is 0 Å². The largest absolute Gasteiger partial charge is 0.494 e. The second-order valence-corrected chi connectivity index (χ2v) is 8.19. The van der Waals surface area contributed by atoms with E-state index in [-0.39, 0.29) is 18.5 Å². The van der Waals surface area contributed by atoms with Crippen LogP contribution in [0.25, 0.3) is 0 Å². The van der Waals surface area contributed by atoms with Crippen LogP contribution in [0.4, 0.5) is 0 Å². The summed E-state index contributed by atoms with van der Waals surface area (Å²) < 4.78 is 12.3. The molecule has 0 bridgehead atoms. The zero-order valence-electron chi connectivity index (χ0n) is 12.9. The van der Waals surface area contributed by atoms with E-state index in [4.69, 9.17) is 9.47 Å². The second-order valence-electron chi connectivity index (χ2n) is 7.04. The molecule has 0 amide bonds. The fourth-order valence-corrected chi connectivity index (χ4v) is 5.73. The molecular formula is C16H24ClN3O2S. The second kappa shape index (κ2) is 6.39. The van der Waals surface area contributed by atoms with Crippen LogP contribution in [0, 0.1) is 0 Å². The minimum Gasteiger partial charge on any atom is -0.494 e. The molecule has 3 aliphatic heterocycles. The molecule has 5 aliphatic rings. The highest BCUT2D eigenvalue weighted by molar-refractivity contribution is 8.02. The molecule has 23 heavy (non-hydrogen) atoms. The monoisotopic (exact) mass is 357 g/mol. The summed E-state index contributed by atoms with van der Waals surface area (Å²) in [6.07, 6.45) is 11.1. The normalized spacial score (nSPS) is 49.7. The molecule has 2 saturated carbocycles. The van der Waals surface area contributed by atoms with E-state index in [0.717, 1.165) is 19.3 Å². The van der Waals surface area contributed by atoms with E-state index in [1.807, 2.05) is 18.0 Å². The summed E-state index contributed by atoms with van der Waals surface area (Å²) in [6.45, 7) is 0. The maximum absolute atomic E-state index is 6.54. The van der Waals surface area contributed by atoms with E-state index in [9.17, 15) is 0 Å². The SMILES string of the molecule is C1=COC2CC3NC4CC5SC=CNC5CC4OC3CC2N1.Cl. The van der Waals surface area contributed by atoms with Crippen molar-refractivity contribution in [2.45, 2.75) is 73.4 Å². The maximum atomic E-state index is 6.54. The van der Waals surface area contributed by atoms with Crippen molar-refractivity contribution in [3.05, 3.63) is 24.1 Å². The zero-order valence-corrected chi connectivity index (χ0v) is 14.5. The van der Waals surface area contributed by atoms with Crippen molar-refractivity contribution < 1.29 is 9.47 Å². The lowest BCUT2D eigenvalue weighted by molar-refractivity contribution is -0.136. The van der Waals surface area contributed by atoms with E-state index in [0.29, 0.717) is 41.6 Å². The molecule has 0 aromatic heterocycles. The third-order valence-electron chi connectivity index (χ3n) is 5.78. The van der Waals surface area contributed by atoms with Crippen molar-refractivity contribution in [1.82, 2.24) is 16.0 Å². The van der Waals surface area contributed by atoms with Gasteiger partial charge in [-0.25, -0.2) is 0 Å². The van der Waals surface area contributed by atoms with Crippen LogP contribution < -0.4 is 16.0 Å². The predicted molar refractivity (Wildman–Crippen MR) is 93.5 cm³/mol. The quantitative estimate of drug-likeness (QED) is 0.610. The number of halogens is 1. The minimum absolute atomic E-state index is 0. The van der Waals surface area contributed by atoms with Crippen LogP contribution >= 0.6 is 24.2 Å². The lowest BCUT2D eigenvalue weighted by Gasteiger charge is -2.53. The lowest BCUT2D eigenvalue weighted by atomic mass is 9.80. The van der Waals surface area contributed by atoms with Crippen molar-refractivity contribution in [1.29, 1.82) is 0 Å². The van der Waals surface area contributed by atoms with Gasteiger partial charge < -0.3 is 25.4 Å². The molecule has 0 spiro atoms. The molecule has 2 aliphatic carbocycles. The molecule has 128 valence electrons. The molecule has 3 fully saturated rings. The van der Waals surface area contributed by atoms with Crippen molar-refractivity contribution >= 4 is 24.2 Å². The van der Waals surface area contributed by atoms with Gasteiger partial charge in [-0.3, -0.25) is 0 Å². The van der Waals surface area contributed by atoms with E-state index < -0.39 is 0 Å². The van der Waals surface area contributed by atoms with Crippen LogP contribution in [-0.4, -0.2) is 47.7 Å². The fourth-order valence-electron chi connectivity index (χ4n) is 4.67. The Morgan fingerprint density at radius 1 is 0.826 bits per heavy atom. The van der Waals surface area contributed by atoms with Crippen LogP contribution in [0.3, 0.4) is 0 Å². The first-order chi connectivity index (χ1) is 10.9. The smallest absolute Gasteiger partial charge is 0.120 e. The minimum atomic E-state index is 0. The Hall–Kier alpha value is -0.560. The van der Waals surface area contributed by atoms with Crippen LogP contribution in [-0.2, 0) is 9.47 Å². The van der Waals surface area contributed by atoms with Gasteiger partial charge in [0.2, 0.25) is 0 Å². The van der Waals surface area contributed by atoms with Gasteiger partial charge in [0.15, 0.2) is 0 Å². The summed E-state index contributed by atoms with van der Waals surface area (Å²) in [6, 6.07) is 1.88. The van der Waals surface area contributed by atoms with E-state index in [1.54, 1.807) is 6.26 Å². The zero-order chi connectivity index (χ0) is 14.5. The Balaban J connectivity index is 0.00000135. The average molecular weight is 358 g/mol. The number of hydrogen-bond acceptors (Lipinski definition) is 6. The first kappa shape index (κ1) is 15.9. The van der Waals surface area contributed by atoms with Gasteiger partial charge in [-0.15, -0.1) is 24.2 Å². The summed E-state index contributed by atoms with van der Waals surface area (Å²) >= 11 is 1.97. The Bertz CT molecular complexity index is 422. The number of thioether (sulfide) groups is 1. The molecule has 0 aromatic rings. The predicted octanol–water partition coefficient (Wildman–Crippen LogP) is 1.46. The number of morpholine rings is 1. The number of hydrogen-bond donors (Lipinski definition) is 3. The van der Waals surface area contributed by atoms with Crippen LogP contribution in [0.5, 0.6) is 0 Å². The molecule has 0 radical (unpaired) electrons. The Morgan fingerprint density at radius 2 is 1.57 bits per heavy atom. The summed E-state index contributed by atoms with van der Waals surface area (Å²) in [5.74, 6) is 0. The standard InChI is InChI=1S/C16H23N3O2S.ClH/c1-3-20-13-6-10-14(5-9(13)17-1)21-15-7-12-16(8-11(15)19-10)22-4-2-18-12;/h1-4,9-19H,5-8H2;1H. The molecule has 8 unspecified atom stereocenters. The van der Waals surface area contributed by atoms with E-state index in [2.05, 4.69) is 27.6 Å². The van der Waals surface area contributed by atoms with E-state index in [1.165, 1.54) is 6.42 Å². The Morgan fingerprint density at radius 3 is 2.48 bits per heavy atom. The third kappa shape index (κ3) is 2.84. The van der Waals surface area contributed by atoms with Gasteiger partial charge in [-0.1, -0.05) is 0 Å². The van der Waals surface area contributed by atoms with Gasteiger partial charge in [0.25, 0.3) is 0 Å². The average Bonchev–Trinajstić information content (AvgIpc) is 2.56. The number of fused-ring (bicyclic) bond motifs is 4. The molecule has 3 heterocycles. The summed E-state index contributed by atoms with van der Waals surface area (Å²) in [4.78, 5) is 0. The molecule has 3 N–H and O–H groups in total. The van der Waals surface area contributed by atoms with Crippen molar-refractivity contribution in [2.75, 3.05) is 0 Å². The highest BCUT2D eigenvalue weighted by atomic mass is 35.5. The fraction of sp³-hybridized carbons (Fsp3) is 0.750. The first-order valence-electron chi connectivity index (χ1n) is 8.41. The molecule has 0 aromatic carbocycles. The third-order valence-corrected chi connectivity index (χ3v) is 6.95. The summed E-state index contributed by atoms with van der Waals surface area (Å²) in [5.41, 5.74) is 0. The molecule has 5 rings (SSSR count). The molecule has 1 saturated heterocycles. The van der Waals surface area contributed by atoms with Crippen molar-refractivity contribution in [3.8, 4) is 0 Å². The van der Waals surface area contributed by atoms with Gasteiger partial charge in [0.05, 0.1) is 24.5 Å². The molecular weight excluding hydrogens is 334 g/mol. The number of nitrogens with one attached hydrogen (secondary N) is 3. The van der Waals surface area contributed by atoms with Gasteiger partial charge >= 0.3 is 0 Å². The number of rotatable bonds is 0. The van der Waals surface area contributed by atoms with Crippen LogP contribution in [0.2, 0.25) is 0 Å². The highest BCUT2D eigenvalue weighted by Crippen LogP contribution is 2.39.